The van der Waals surface area contributed by atoms with E-state index in [0.717, 1.165) is 6.07 Å². The topological polar surface area (TPSA) is 78.8 Å². The van der Waals surface area contributed by atoms with Crippen molar-refractivity contribution in [1.82, 2.24) is 5.48 Å². The Labute approximate surface area is 91.4 Å². The Morgan fingerprint density at radius 2 is 2.31 bits per heavy atom. The monoisotopic (exact) mass is 229 g/mol. The van der Waals surface area contributed by atoms with Crippen molar-refractivity contribution >= 4 is 5.91 Å². The number of hydrogen-bond donors (Lipinski definition) is 3. The predicted octanol–water partition coefficient (Wildman–Crippen LogP) is 0.763. The van der Waals surface area contributed by atoms with Gasteiger partial charge in [-0.2, -0.15) is 0 Å². The number of hydroxylamine groups is 1. The Morgan fingerprint density at radius 3 is 2.88 bits per heavy atom. The third kappa shape index (κ3) is 2.91. The number of amides is 1. The van der Waals surface area contributed by atoms with Crippen LogP contribution in [0.2, 0.25) is 0 Å². The number of carbonyl (C=O) groups is 1. The first-order chi connectivity index (χ1) is 7.58. The number of carbonyl (C=O) groups excluding carboxylic acids is 1. The van der Waals surface area contributed by atoms with E-state index in [0.29, 0.717) is 5.75 Å². The molecule has 1 amide bonds. The second-order valence-corrected chi connectivity index (χ2v) is 3.14. The van der Waals surface area contributed by atoms with Crippen LogP contribution in [0.15, 0.2) is 18.2 Å². The number of methoxy groups -OCH3 is 1. The molecule has 1 unspecified atom stereocenters. The molecule has 1 aromatic rings. The van der Waals surface area contributed by atoms with Gasteiger partial charge in [0.05, 0.1) is 19.6 Å². The predicted molar refractivity (Wildman–Crippen MR) is 52.5 cm³/mol. The molecule has 5 nitrogen and oxygen atoms in total. The largest absolute Gasteiger partial charge is 0.497 e. The first kappa shape index (κ1) is 12.4. The van der Waals surface area contributed by atoms with Gasteiger partial charge >= 0.3 is 0 Å². The molecule has 0 saturated carbocycles. The molecule has 0 bridgehead atoms. The summed E-state index contributed by atoms with van der Waals surface area (Å²) < 4.78 is 18.2. The summed E-state index contributed by atoms with van der Waals surface area (Å²) in [5.74, 6) is -1.06. The lowest BCUT2D eigenvalue weighted by atomic mass is 10.1. The van der Waals surface area contributed by atoms with Crippen molar-refractivity contribution in [3.05, 3.63) is 29.6 Å². The van der Waals surface area contributed by atoms with E-state index in [1.165, 1.54) is 24.7 Å². The van der Waals surface area contributed by atoms with Crippen molar-refractivity contribution in [3.63, 3.8) is 0 Å². The van der Waals surface area contributed by atoms with Gasteiger partial charge in [0.2, 0.25) is 5.91 Å². The van der Waals surface area contributed by atoms with Gasteiger partial charge in [0.25, 0.3) is 0 Å². The molecule has 16 heavy (non-hydrogen) atoms. The molecule has 6 heteroatoms. The van der Waals surface area contributed by atoms with Crippen LogP contribution in [0.5, 0.6) is 5.75 Å². The van der Waals surface area contributed by atoms with Crippen LogP contribution in [0.3, 0.4) is 0 Å². The zero-order valence-electron chi connectivity index (χ0n) is 8.61. The molecule has 1 rings (SSSR count). The van der Waals surface area contributed by atoms with Gasteiger partial charge in [0.1, 0.15) is 11.6 Å². The average molecular weight is 229 g/mol. The third-order valence-corrected chi connectivity index (χ3v) is 2.07. The van der Waals surface area contributed by atoms with E-state index in [1.807, 2.05) is 0 Å². The van der Waals surface area contributed by atoms with Crippen LogP contribution in [-0.2, 0) is 4.79 Å². The van der Waals surface area contributed by atoms with E-state index in [9.17, 15) is 14.3 Å². The molecule has 88 valence electrons. The first-order valence-corrected chi connectivity index (χ1v) is 4.53. The number of aliphatic hydroxyl groups excluding tert-OH is 1. The molecule has 3 N–H and O–H groups in total. The van der Waals surface area contributed by atoms with Gasteiger partial charge in [-0.15, -0.1) is 0 Å². The van der Waals surface area contributed by atoms with Crippen molar-refractivity contribution in [2.45, 2.75) is 12.5 Å². The van der Waals surface area contributed by atoms with Crippen molar-refractivity contribution in [2.75, 3.05) is 7.11 Å². The molecule has 0 fully saturated rings. The molecule has 0 aromatic heterocycles. The Kier molecular flexibility index (Phi) is 4.21. The van der Waals surface area contributed by atoms with Gasteiger partial charge in [0, 0.05) is 5.56 Å². The van der Waals surface area contributed by atoms with Crippen LogP contribution in [-0.4, -0.2) is 23.3 Å². The summed E-state index contributed by atoms with van der Waals surface area (Å²) >= 11 is 0. The minimum atomic E-state index is -1.33. The normalized spacial score (nSPS) is 12.0. The Bertz CT molecular complexity index is 383. The van der Waals surface area contributed by atoms with E-state index in [2.05, 4.69) is 0 Å². The molecule has 0 radical (unpaired) electrons. The minimum Gasteiger partial charge on any atom is -0.497 e. The molecular formula is C10H12FNO4. The smallest absolute Gasteiger partial charge is 0.246 e. The number of aliphatic hydroxyl groups is 1. The lowest BCUT2D eigenvalue weighted by molar-refractivity contribution is -0.131. The van der Waals surface area contributed by atoms with Gasteiger partial charge in [0.15, 0.2) is 0 Å². The highest BCUT2D eigenvalue weighted by Crippen LogP contribution is 2.24. The second kappa shape index (κ2) is 5.43. The number of nitrogens with one attached hydrogen (secondary N) is 1. The van der Waals surface area contributed by atoms with Crippen LogP contribution in [0.25, 0.3) is 0 Å². The van der Waals surface area contributed by atoms with Crippen LogP contribution in [0.1, 0.15) is 18.1 Å². The number of rotatable bonds is 4. The molecule has 0 aliphatic heterocycles. The van der Waals surface area contributed by atoms with Gasteiger partial charge in [-0.3, -0.25) is 10.0 Å². The lowest BCUT2D eigenvalue weighted by Gasteiger charge is -2.11. The maximum absolute atomic E-state index is 13.3. The molecule has 0 aliphatic carbocycles. The van der Waals surface area contributed by atoms with E-state index >= 15 is 0 Å². The van der Waals surface area contributed by atoms with Crippen LogP contribution in [0.4, 0.5) is 4.39 Å². The fourth-order valence-electron chi connectivity index (χ4n) is 1.24. The van der Waals surface area contributed by atoms with E-state index in [4.69, 9.17) is 9.94 Å². The molecular weight excluding hydrogens is 217 g/mol. The Balaban J connectivity index is 2.88. The molecule has 0 saturated heterocycles. The van der Waals surface area contributed by atoms with E-state index in [1.54, 1.807) is 0 Å². The number of hydrogen-bond acceptors (Lipinski definition) is 4. The highest BCUT2D eigenvalue weighted by Gasteiger charge is 2.17. The fraction of sp³-hybridized carbons (Fsp3) is 0.300. The van der Waals surface area contributed by atoms with Gasteiger partial charge in [-0.1, -0.05) is 0 Å². The van der Waals surface area contributed by atoms with Crippen LogP contribution in [0, 0.1) is 5.82 Å². The highest BCUT2D eigenvalue weighted by molar-refractivity contribution is 5.75. The number of benzene rings is 1. The fourth-order valence-corrected chi connectivity index (χ4v) is 1.24. The third-order valence-electron chi connectivity index (χ3n) is 2.07. The lowest BCUT2D eigenvalue weighted by Crippen LogP contribution is -2.21. The SMILES string of the molecule is COc1ccc(F)c(C(O)CC(=O)NO)c1. The van der Waals surface area contributed by atoms with Crippen LogP contribution >= 0.6 is 0 Å². The quantitative estimate of drug-likeness (QED) is 0.526. The van der Waals surface area contributed by atoms with Crippen molar-refractivity contribution in [3.8, 4) is 5.75 Å². The summed E-state index contributed by atoms with van der Waals surface area (Å²) in [6.07, 6.45) is -1.76. The molecule has 0 aliphatic rings. The van der Waals surface area contributed by atoms with Crippen molar-refractivity contribution < 1.29 is 24.2 Å². The summed E-state index contributed by atoms with van der Waals surface area (Å²) in [5, 5.41) is 17.8. The van der Waals surface area contributed by atoms with E-state index < -0.39 is 24.2 Å². The molecule has 1 aromatic carbocycles. The van der Waals surface area contributed by atoms with Gasteiger partial charge in [-0.25, -0.2) is 9.87 Å². The Morgan fingerprint density at radius 1 is 1.62 bits per heavy atom. The summed E-state index contributed by atoms with van der Waals surface area (Å²) in [6.45, 7) is 0. The van der Waals surface area contributed by atoms with Gasteiger partial charge in [-0.05, 0) is 18.2 Å². The first-order valence-electron chi connectivity index (χ1n) is 4.53. The number of ether oxygens (including phenoxy) is 1. The summed E-state index contributed by atoms with van der Waals surface area (Å²) in [5.41, 5.74) is 1.31. The molecule has 0 spiro atoms. The average Bonchev–Trinajstić information content (AvgIpc) is 2.29. The maximum Gasteiger partial charge on any atom is 0.246 e. The van der Waals surface area contributed by atoms with Crippen molar-refractivity contribution in [2.24, 2.45) is 0 Å². The zero-order valence-corrected chi connectivity index (χ0v) is 8.61. The summed E-state index contributed by atoms with van der Waals surface area (Å²) in [7, 11) is 1.41. The highest BCUT2D eigenvalue weighted by atomic mass is 19.1. The summed E-state index contributed by atoms with van der Waals surface area (Å²) in [4.78, 5) is 10.8. The van der Waals surface area contributed by atoms with Gasteiger partial charge < -0.3 is 9.84 Å². The van der Waals surface area contributed by atoms with Crippen molar-refractivity contribution in [1.29, 1.82) is 0 Å². The second-order valence-electron chi connectivity index (χ2n) is 3.14. The zero-order chi connectivity index (χ0) is 12.1. The minimum absolute atomic E-state index is 0.0528. The molecule has 1 atom stereocenters. The number of halogens is 1. The molecule has 0 heterocycles. The van der Waals surface area contributed by atoms with E-state index in [-0.39, 0.29) is 5.56 Å². The standard InChI is InChI=1S/C10H12FNO4/c1-16-6-2-3-8(11)7(4-6)9(13)5-10(14)12-15/h2-4,9,13,15H,5H2,1H3,(H,12,14). The summed E-state index contributed by atoms with van der Waals surface area (Å²) in [6, 6.07) is 3.83. The Hall–Kier alpha value is -1.66. The van der Waals surface area contributed by atoms with Crippen LogP contribution < -0.4 is 10.2 Å². The maximum atomic E-state index is 13.3.